The quantitative estimate of drug-likeness (QED) is 0.851. The van der Waals surface area contributed by atoms with E-state index >= 15 is 0 Å². The summed E-state index contributed by atoms with van der Waals surface area (Å²) in [6, 6.07) is 4.99. The van der Waals surface area contributed by atoms with Crippen molar-refractivity contribution in [2.24, 2.45) is 0 Å². The molecular formula is C13H19NO3S. The molecule has 100 valence electrons. The SMILES string of the molecule is Cc1ccc(N)cc1S(=O)(=O)CC1CCCCO1. The molecule has 1 aliphatic heterocycles. The van der Waals surface area contributed by atoms with Crippen molar-refractivity contribution in [2.45, 2.75) is 37.2 Å². The maximum Gasteiger partial charge on any atom is 0.181 e. The third-order valence-corrected chi connectivity index (χ3v) is 5.15. The Balaban J connectivity index is 2.21. The molecule has 1 aromatic carbocycles. The summed E-state index contributed by atoms with van der Waals surface area (Å²) in [5, 5.41) is 0. The predicted octanol–water partition coefficient (Wildman–Crippen LogP) is 1.92. The first-order valence-electron chi connectivity index (χ1n) is 6.19. The van der Waals surface area contributed by atoms with Crippen molar-refractivity contribution in [1.29, 1.82) is 0 Å². The van der Waals surface area contributed by atoms with E-state index in [1.165, 1.54) is 6.07 Å². The van der Waals surface area contributed by atoms with Crippen LogP contribution in [0, 0.1) is 6.92 Å². The summed E-state index contributed by atoms with van der Waals surface area (Å²) in [5.41, 5.74) is 6.87. The van der Waals surface area contributed by atoms with Crippen LogP contribution >= 0.6 is 0 Å². The largest absolute Gasteiger partial charge is 0.399 e. The Hall–Kier alpha value is -1.07. The monoisotopic (exact) mass is 269 g/mol. The number of sulfone groups is 1. The predicted molar refractivity (Wildman–Crippen MR) is 71.2 cm³/mol. The molecule has 0 aliphatic carbocycles. The smallest absolute Gasteiger partial charge is 0.181 e. The van der Waals surface area contributed by atoms with Crippen molar-refractivity contribution in [2.75, 3.05) is 18.1 Å². The van der Waals surface area contributed by atoms with Gasteiger partial charge in [0, 0.05) is 12.3 Å². The summed E-state index contributed by atoms with van der Waals surface area (Å²) in [4.78, 5) is 0.330. The lowest BCUT2D eigenvalue weighted by Crippen LogP contribution is -2.28. The molecule has 18 heavy (non-hydrogen) atoms. The molecule has 0 bridgehead atoms. The van der Waals surface area contributed by atoms with Crippen molar-refractivity contribution in [3.8, 4) is 0 Å². The zero-order chi connectivity index (χ0) is 13.2. The molecule has 1 aromatic rings. The Labute approximate surface area is 108 Å². The van der Waals surface area contributed by atoms with Gasteiger partial charge in [0.05, 0.1) is 16.8 Å². The first-order valence-corrected chi connectivity index (χ1v) is 7.85. The number of rotatable bonds is 3. The van der Waals surface area contributed by atoms with Crippen LogP contribution in [0.4, 0.5) is 5.69 Å². The number of ether oxygens (including phenoxy) is 1. The van der Waals surface area contributed by atoms with E-state index in [0.717, 1.165) is 24.8 Å². The highest BCUT2D eigenvalue weighted by Crippen LogP contribution is 2.23. The molecule has 1 unspecified atom stereocenters. The van der Waals surface area contributed by atoms with Gasteiger partial charge in [-0.05, 0) is 43.9 Å². The lowest BCUT2D eigenvalue weighted by atomic mass is 10.1. The van der Waals surface area contributed by atoms with E-state index in [2.05, 4.69) is 0 Å². The molecule has 2 rings (SSSR count). The third kappa shape index (κ3) is 3.03. The van der Waals surface area contributed by atoms with E-state index in [9.17, 15) is 8.42 Å². The van der Waals surface area contributed by atoms with Crippen LogP contribution in [0.25, 0.3) is 0 Å². The number of nitrogens with two attached hydrogens (primary N) is 1. The molecule has 1 saturated heterocycles. The van der Waals surface area contributed by atoms with Gasteiger partial charge in [0.1, 0.15) is 0 Å². The molecule has 0 radical (unpaired) electrons. The van der Waals surface area contributed by atoms with Crippen LogP contribution in [0.15, 0.2) is 23.1 Å². The zero-order valence-electron chi connectivity index (χ0n) is 10.6. The van der Waals surface area contributed by atoms with Crippen LogP contribution in [0.5, 0.6) is 0 Å². The fourth-order valence-corrected chi connectivity index (χ4v) is 4.03. The standard InChI is InChI=1S/C13H19NO3S/c1-10-5-6-11(14)8-13(10)18(15,16)9-12-4-2-3-7-17-12/h5-6,8,12H,2-4,7,9,14H2,1H3. The van der Waals surface area contributed by atoms with E-state index in [4.69, 9.17) is 10.5 Å². The molecule has 2 N–H and O–H groups in total. The molecule has 5 heteroatoms. The maximum atomic E-state index is 12.3. The Morgan fingerprint density at radius 3 is 2.83 bits per heavy atom. The molecule has 1 heterocycles. The van der Waals surface area contributed by atoms with Crippen molar-refractivity contribution in [1.82, 2.24) is 0 Å². The third-order valence-electron chi connectivity index (χ3n) is 3.23. The number of hydrogen-bond donors (Lipinski definition) is 1. The lowest BCUT2D eigenvalue weighted by Gasteiger charge is -2.22. The van der Waals surface area contributed by atoms with Gasteiger partial charge in [0.15, 0.2) is 9.84 Å². The van der Waals surface area contributed by atoms with E-state index in [0.29, 0.717) is 17.2 Å². The average Bonchev–Trinajstić information content (AvgIpc) is 2.33. The molecule has 0 saturated carbocycles. The molecule has 1 aliphatic rings. The highest BCUT2D eigenvalue weighted by molar-refractivity contribution is 7.91. The Kier molecular flexibility index (Phi) is 3.92. The Bertz CT molecular complexity index is 519. The average molecular weight is 269 g/mol. The summed E-state index contributed by atoms with van der Waals surface area (Å²) in [5.74, 6) is 0.0529. The first-order chi connectivity index (χ1) is 8.49. The van der Waals surface area contributed by atoms with Crippen LogP contribution in [0.3, 0.4) is 0 Å². The van der Waals surface area contributed by atoms with Crippen LogP contribution in [0.1, 0.15) is 24.8 Å². The van der Waals surface area contributed by atoms with Gasteiger partial charge >= 0.3 is 0 Å². The highest BCUT2D eigenvalue weighted by Gasteiger charge is 2.25. The zero-order valence-corrected chi connectivity index (χ0v) is 11.4. The van der Waals surface area contributed by atoms with Crippen molar-refractivity contribution < 1.29 is 13.2 Å². The van der Waals surface area contributed by atoms with Gasteiger partial charge in [-0.3, -0.25) is 0 Å². The number of hydrogen-bond acceptors (Lipinski definition) is 4. The second-order valence-electron chi connectivity index (χ2n) is 4.79. The van der Waals surface area contributed by atoms with Crippen LogP contribution in [0.2, 0.25) is 0 Å². The molecule has 0 aromatic heterocycles. The Morgan fingerprint density at radius 2 is 2.17 bits per heavy atom. The fourth-order valence-electron chi connectivity index (χ4n) is 2.23. The van der Waals surface area contributed by atoms with Crippen molar-refractivity contribution in [3.63, 3.8) is 0 Å². The van der Waals surface area contributed by atoms with Crippen LogP contribution in [-0.2, 0) is 14.6 Å². The van der Waals surface area contributed by atoms with Gasteiger partial charge in [0.2, 0.25) is 0 Å². The molecule has 4 nitrogen and oxygen atoms in total. The summed E-state index contributed by atoms with van der Waals surface area (Å²) in [6.07, 6.45) is 2.70. The summed E-state index contributed by atoms with van der Waals surface area (Å²) in [7, 11) is -3.32. The van der Waals surface area contributed by atoms with Crippen molar-refractivity contribution >= 4 is 15.5 Å². The second-order valence-corrected chi connectivity index (χ2v) is 6.80. The van der Waals surface area contributed by atoms with Gasteiger partial charge in [-0.25, -0.2) is 8.42 Å². The minimum absolute atomic E-state index is 0.0529. The molecule has 0 amide bonds. The molecule has 0 spiro atoms. The van der Waals surface area contributed by atoms with Crippen molar-refractivity contribution in [3.05, 3.63) is 23.8 Å². The first kappa shape index (κ1) is 13.4. The lowest BCUT2D eigenvalue weighted by molar-refractivity contribution is 0.0305. The maximum absolute atomic E-state index is 12.3. The molecular weight excluding hydrogens is 250 g/mol. The van der Waals surface area contributed by atoms with Gasteiger partial charge in [-0.15, -0.1) is 0 Å². The van der Waals surface area contributed by atoms with E-state index in [1.54, 1.807) is 19.1 Å². The number of nitrogen functional groups attached to an aromatic ring is 1. The van der Waals surface area contributed by atoms with E-state index < -0.39 is 9.84 Å². The minimum atomic E-state index is -3.32. The number of aryl methyl sites for hydroxylation is 1. The summed E-state index contributed by atoms with van der Waals surface area (Å²) in [6.45, 7) is 2.45. The minimum Gasteiger partial charge on any atom is -0.399 e. The highest BCUT2D eigenvalue weighted by atomic mass is 32.2. The normalized spacial score (nSPS) is 20.8. The van der Waals surface area contributed by atoms with E-state index in [1.807, 2.05) is 0 Å². The molecule has 1 fully saturated rings. The second kappa shape index (κ2) is 5.28. The number of anilines is 1. The molecule has 1 atom stereocenters. The number of benzene rings is 1. The van der Waals surface area contributed by atoms with Crippen LogP contribution < -0.4 is 5.73 Å². The van der Waals surface area contributed by atoms with Crippen LogP contribution in [-0.4, -0.2) is 26.9 Å². The van der Waals surface area contributed by atoms with Gasteiger partial charge in [-0.1, -0.05) is 6.07 Å². The van der Waals surface area contributed by atoms with Gasteiger partial charge in [-0.2, -0.15) is 0 Å². The topological polar surface area (TPSA) is 69.4 Å². The fraction of sp³-hybridized carbons (Fsp3) is 0.538. The summed E-state index contributed by atoms with van der Waals surface area (Å²) >= 11 is 0. The van der Waals surface area contributed by atoms with Gasteiger partial charge in [0.25, 0.3) is 0 Å². The summed E-state index contributed by atoms with van der Waals surface area (Å²) < 4.78 is 30.2. The van der Waals surface area contributed by atoms with Gasteiger partial charge < -0.3 is 10.5 Å². The Morgan fingerprint density at radius 1 is 1.39 bits per heavy atom. The van der Waals surface area contributed by atoms with E-state index in [-0.39, 0.29) is 11.9 Å².